The molecule has 1 aliphatic rings. The Labute approximate surface area is 103 Å². The SMILES string of the molecule is CC1C(N)CCN1Cc1cccc(N)c1.Cl. The van der Waals surface area contributed by atoms with Gasteiger partial charge >= 0.3 is 0 Å². The Balaban J connectivity index is 0.00000128. The number of hydrogen-bond donors (Lipinski definition) is 2. The van der Waals surface area contributed by atoms with Crippen LogP contribution in [0.2, 0.25) is 0 Å². The van der Waals surface area contributed by atoms with Crippen LogP contribution in [0.25, 0.3) is 0 Å². The van der Waals surface area contributed by atoms with Gasteiger partial charge in [0.05, 0.1) is 0 Å². The maximum absolute atomic E-state index is 5.99. The van der Waals surface area contributed by atoms with Crippen molar-refractivity contribution in [1.82, 2.24) is 4.90 Å². The third kappa shape index (κ3) is 2.88. The maximum atomic E-state index is 5.99. The molecule has 90 valence electrons. The van der Waals surface area contributed by atoms with Crippen LogP contribution in [0.1, 0.15) is 18.9 Å². The third-order valence-corrected chi connectivity index (χ3v) is 3.28. The van der Waals surface area contributed by atoms with Gasteiger partial charge in [0.25, 0.3) is 0 Å². The first-order valence-corrected chi connectivity index (χ1v) is 5.51. The minimum atomic E-state index is 0. The number of nitrogens with zero attached hydrogens (tertiary/aromatic N) is 1. The molecule has 1 aromatic rings. The number of hydrogen-bond acceptors (Lipinski definition) is 3. The second-order valence-corrected chi connectivity index (χ2v) is 4.41. The van der Waals surface area contributed by atoms with E-state index in [2.05, 4.69) is 17.9 Å². The topological polar surface area (TPSA) is 55.3 Å². The molecule has 1 heterocycles. The average molecular weight is 242 g/mol. The van der Waals surface area contributed by atoms with Gasteiger partial charge in [-0.05, 0) is 31.0 Å². The van der Waals surface area contributed by atoms with Crippen LogP contribution >= 0.6 is 12.4 Å². The molecule has 4 heteroatoms. The highest BCUT2D eigenvalue weighted by Gasteiger charge is 2.27. The Morgan fingerprint density at radius 2 is 2.19 bits per heavy atom. The quantitative estimate of drug-likeness (QED) is 0.774. The summed E-state index contributed by atoms with van der Waals surface area (Å²) in [4.78, 5) is 2.42. The van der Waals surface area contributed by atoms with Crippen LogP contribution in [0.4, 0.5) is 5.69 Å². The van der Waals surface area contributed by atoms with E-state index >= 15 is 0 Å². The number of likely N-dealkylation sites (tertiary alicyclic amines) is 1. The van der Waals surface area contributed by atoms with Crippen molar-refractivity contribution in [1.29, 1.82) is 0 Å². The summed E-state index contributed by atoms with van der Waals surface area (Å²) in [5.74, 6) is 0. The predicted octanol–water partition coefficient (Wildman–Crippen LogP) is 1.61. The van der Waals surface area contributed by atoms with E-state index in [1.54, 1.807) is 0 Å². The molecule has 1 fully saturated rings. The van der Waals surface area contributed by atoms with E-state index < -0.39 is 0 Å². The molecule has 0 radical (unpaired) electrons. The number of benzene rings is 1. The summed E-state index contributed by atoms with van der Waals surface area (Å²) in [6, 6.07) is 8.88. The van der Waals surface area contributed by atoms with Gasteiger partial charge in [0.2, 0.25) is 0 Å². The van der Waals surface area contributed by atoms with Crippen LogP contribution in [0.5, 0.6) is 0 Å². The molecule has 0 saturated carbocycles. The fourth-order valence-corrected chi connectivity index (χ4v) is 2.18. The first-order valence-electron chi connectivity index (χ1n) is 5.51. The Bertz CT molecular complexity index is 343. The van der Waals surface area contributed by atoms with Crippen LogP contribution in [0.15, 0.2) is 24.3 Å². The zero-order valence-corrected chi connectivity index (χ0v) is 10.4. The van der Waals surface area contributed by atoms with Gasteiger partial charge in [-0.3, -0.25) is 4.90 Å². The average Bonchev–Trinajstić information content (AvgIpc) is 2.50. The van der Waals surface area contributed by atoms with E-state index in [-0.39, 0.29) is 12.4 Å². The van der Waals surface area contributed by atoms with Crippen molar-refractivity contribution < 1.29 is 0 Å². The summed E-state index contributed by atoms with van der Waals surface area (Å²) >= 11 is 0. The highest BCUT2D eigenvalue weighted by Crippen LogP contribution is 2.19. The van der Waals surface area contributed by atoms with Crippen molar-refractivity contribution in [2.24, 2.45) is 5.73 Å². The Morgan fingerprint density at radius 3 is 2.75 bits per heavy atom. The van der Waals surface area contributed by atoms with Gasteiger partial charge in [0, 0.05) is 30.9 Å². The molecule has 2 rings (SSSR count). The first kappa shape index (κ1) is 13.3. The van der Waals surface area contributed by atoms with Gasteiger partial charge in [0.1, 0.15) is 0 Å². The summed E-state index contributed by atoms with van der Waals surface area (Å²) < 4.78 is 0. The zero-order valence-electron chi connectivity index (χ0n) is 9.60. The lowest BCUT2D eigenvalue weighted by Gasteiger charge is -2.22. The van der Waals surface area contributed by atoms with E-state index in [0.717, 1.165) is 25.2 Å². The molecule has 4 N–H and O–H groups in total. The summed E-state index contributed by atoms with van der Waals surface area (Å²) in [5.41, 5.74) is 13.8. The number of nitrogens with two attached hydrogens (primary N) is 2. The minimum absolute atomic E-state index is 0. The molecule has 3 nitrogen and oxygen atoms in total. The molecule has 1 aromatic carbocycles. The Morgan fingerprint density at radius 1 is 1.44 bits per heavy atom. The predicted molar refractivity (Wildman–Crippen MR) is 70.6 cm³/mol. The van der Waals surface area contributed by atoms with Crippen LogP contribution in [0.3, 0.4) is 0 Å². The highest BCUT2D eigenvalue weighted by molar-refractivity contribution is 5.85. The van der Waals surface area contributed by atoms with Crippen LogP contribution in [0, 0.1) is 0 Å². The lowest BCUT2D eigenvalue weighted by Crippen LogP contribution is -2.36. The molecule has 1 saturated heterocycles. The highest BCUT2D eigenvalue weighted by atomic mass is 35.5. The molecule has 0 aromatic heterocycles. The van der Waals surface area contributed by atoms with Gasteiger partial charge in [-0.15, -0.1) is 12.4 Å². The normalized spacial score (nSPS) is 25.4. The van der Waals surface area contributed by atoms with Gasteiger partial charge < -0.3 is 11.5 Å². The maximum Gasteiger partial charge on any atom is 0.0317 e. The van der Waals surface area contributed by atoms with Crippen molar-refractivity contribution in [3.8, 4) is 0 Å². The third-order valence-electron chi connectivity index (χ3n) is 3.28. The van der Waals surface area contributed by atoms with Gasteiger partial charge in [-0.25, -0.2) is 0 Å². The molecule has 0 bridgehead atoms. The second kappa shape index (κ2) is 5.53. The van der Waals surface area contributed by atoms with E-state index in [1.165, 1.54) is 5.56 Å². The largest absolute Gasteiger partial charge is 0.399 e. The van der Waals surface area contributed by atoms with Crippen molar-refractivity contribution in [2.45, 2.75) is 32.0 Å². The molecular formula is C12H20ClN3. The van der Waals surface area contributed by atoms with Crippen molar-refractivity contribution >= 4 is 18.1 Å². The molecule has 0 spiro atoms. The monoisotopic (exact) mass is 241 g/mol. The van der Waals surface area contributed by atoms with Crippen molar-refractivity contribution in [3.05, 3.63) is 29.8 Å². The van der Waals surface area contributed by atoms with E-state index in [0.29, 0.717) is 12.1 Å². The minimum Gasteiger partial charge on any atom is -0.399 e. The molecule has 0 aliphatic carbocycles. The molecule has 0 amide bonds. The Hall–Kier alpha value is -0.770. The second-order valence-electron chi connectivity index (χ2n) is 4.41. The fraction of sp³-hybridized carbons (Fsp3) is 0.500. The van der Waals surface area contributed by atoms with E-state index in [9.17, 15) is 0 Å². The number of rotatable bonds is 2. The Kier molecular flexibility index (Phi) is 4.59. The fourth-order valence-electron chi connectivity index (χ4n) is 2.18. The lowest BCUT2D eigenvalue weighted by atomic mass is 10.1. The number of nitrogen functional groups attached to an aromatic ring is 1. The van der Waals surface area contributed by atoms with Crippen molar-refractivity contribution in [2.75, 3.05) is 12.3 Å². The molecule has 1 aliphatic heterocycles. The first-order chi connectivity index (χ1) is 7.16. The van der Waals surface area contributed by atoms with Gasteiger partial charge in [0.15, 0.2) is 0 Å². The molecule has 16 heavy (non-hydrogen) atoms. The van der Waals surface area contributed by atoms with Crippen LogP contribution in [-0.4, -0.2) is 23.5 Å². The summed E-state index contributed by atoms with van der Waals surface area (Å²) in [7, 11) is 0. The van der Waals surface area contributed by atoms with E-state index in [1.807, 2.05) is 18.2 Å². The van der Waals surface area contributed by atoms with Gasteiger partial charge in [-0.2, -0.15) is 0 Å². The van der Waals surface area contributed by atoms with Crippen LogP contribution in [-0.2, 0) is 6.54 Å². The summed E-state index contributed by atoms with van der Waals surface area (Å²) in [6.45, 7) is 4.25. The molecule has 2 atom stereocenters. The lowest BCUT2D eigenvalue weighted by molar-refractivity contribution is 0.252. The van der Waals surface area contributed by atoms with Gasteiger partial charge in [-0.1, -0.05) is 12.1 Å². The molecular weight excluding hydrogens is 222 g/mol. The number of halogens is 1. The number of anilines is 1. The van der Waals surface area contributed by atoms with E-state index in [4.69, 9.17) is 11.5 Å². The van der Waals surface area contributed by atoms with Crippen LogP contribution < -0.4 is 11.5 Å². The molecule has 2 unspecified atom stereocenters. The van der Waals surface area contributed by atoms with Crippen molar-refractivity contribution in [3.63, 3.8) is 0 Å². The smallest absolute Gasteiger partial charge is 0.0317 e. The summed E-state index contributed by atoms with van der Waals surface area (Å²) in [6.07, 6.45) is 1.10. The standard InChI is InChI=1S/C12H19N3.ClH/c1-9-12(14)5-6-15(9)8-10-3-2-4-11(13)7-10;/h2-4,7,9,12H,5-6,8,13-14H2,1H3;1H. The zero-order chi connectivity index (χ0) is 10.8. The summed E-state index contributed by atoms with van der Waals surface area (Å²) in [5, 5.41) is 0.